The minimum absolute atomic E-state index is 0.00981. The molecule has 2 heterocycles. The highest BCUT2D eigenvalue weighted by molar-refractivity contribution is 6.20. The van der Waals surface area contributed by atoms with Crippen LogP contribution in [0.1, 0.15) is 39.3 Å². The molecule has 0 atom stereocenters. The molecule has 2 aromatic rings. The van der Waals surface area contributed by atoms with Crippen molar-refractivity contribution < 1.29 is 28.0 Å². The van der Waals surface area contributed by atoms with Crippen LogP contribution in [0.25, 0.3) is 0 Å². The van der Waals surface area contributed by atoms with Crippen LogP contribution in [0.4, 0.5) is 8.78 Å². The second-order valence-electron chi connectivity index (χ2n) is 6.45. The largest absolute Gasteiger partial charge is 0.382 e. The summed E-state index contributed by atoms with van der Waals surface area (Å²) in [5.74, 6) is -6.34. The average molecular weight is 402 g/mol. The number of fused-ring (bicyclic) bond motifs is 1. The predicted molar refractivity (Wildman–Crippen MR) is 96.0 cm³/mol. The maximum atomic E-state index is 12.7. The van der Waals surface area contributed by atoms with Gasteiger partial charge in [-0.3, -0.25) is 20.0 Å². The number of alkyl halides is 2. The van der Waals surface area contributed by atoms with E-state index in [2.05, 4.69) is 9.82 Å². The number of nitrogens with two attached hydrogens (primary N) is 1. The number of hydrogen-bond acceptors (Lipinski definition) is 6. The lowest BCUT2D eigenvalue weighted by atomic mass is 9.81. The normalized spacial score (nSPS) is 17.0. The van der Waals surface area contributed by atoms with E-state index in [4.69, 9.17) is 11.1 Å². The van der Waals surface area contributed by atoms with Crippen LogP contribution >= 0.6 is 0 Å². The molecule has 2 aliphatic rings. The second kappa shape index (κ2) is 7.74. The van der Waals surface area contributed by atoms with E-state index in [1.54, 1.807) is 36.5 Å². The minimum Gasteiger partial charge on any atom is -0.382 e. The summed E-state index contributed by atoms with van der Waals surface area (Å²) in [4.78, 5) is 43.9. The number of imide groups is 1. The molecular formula is C19H16F2N4O4. The van der Waals surface area contributed by atoms with Crippen molar-refractivity contribution >= 4 is 23.6 Å². The Kier molecular flexibility index (Phi) is 5.35. The molecule has 1 aliphatic heterocycles. The third kappa shape index (κ3) is 4.26. The maximum absolute atomic E-state index is 12.7. The Morgan fingerprint density at radius 3 is 2.07 bits per heavy atom. The Bertz CT molecular complexity index is 938. The van der Waals surface area contributed by atoms with Gasteiger partial charge in [0, 0.05) is 19.0 Å². The lowest BCUT2D eigenvalue weighted by molar-refractivity contribution is -0.193. The van der Waals surface area contributed by atoms with Gasteiger partial charge in [0.1, 0.15) is 11.5 Å². The summed E-state index contributed by atoms with van der Waals surface area (Å²) in [7, 11) is 0. The lowest BCUT2D eigenvalue weighted by Crippen LogP contribution is -2.44. The van der Waals surface area contributed by atoms with Crippen LogP contribution in [0, 0.1) is 11.3 Å². The van der Waals surface area contributed by atoms with E-state index in [-0.39, 0.29) is 17.0 Å². The van der Waals surface area contributed by atoms with Gasteiger partial charge in [0.2, 0.25) is 5.92 Å². The minimum atomic E-state index is -2.87. The van der Waals surface area contributed by atoms with Gasteiger partial charge in [0.05, 0.1) is 17.0 Å². The first kappa shape index (κ1) is 20.1. The average Bonchev–Trinajstić information content (AvgIpc) is 2.92. The zero-order chi connectivity index (χ0) is 21.2. The summed E-state index contributed by atoms with van der Waals surface area (Å²) in [6.45, 7) is 0. The van der Waals surface area contributed by atoms with Crippen LogP contribution in [0.5, 0.6) is 0 Å². The molecule has 8 nitrogen and oxygen atoms in total. The van der Waals surface area contributed by atoms with Crippen LogP contribution in [-0.2, 0) is 9.63 Å². The zero-order valence-corrected chi connectivity index (χ0v) is 15.0. The lowest BCUT2D eigenvalue weighted by Gasteiger charge is -2.33. The number of carbonyl (C=O) groups is 3. The van der Waals surface area contributed by atoms with E-state index in [9.17, 15) is 23.2 Å². The SMILES string of the molecule is N=C(N)c1ccccn1.O=C(ON1C(=O)c2ccccc2C1=O)C1CC(F)(F)C1. The van der Waals surface area contributed by atoms with Crippen molar-refractivity contribution in [1.29, 1.82) is 5.41 Å². The fourth-order valence-corrected chi connectivity index (χ4v) is 2.76. The molecule has 0 radical (unpaired) electrons. The van der Waals surface area contributed by atoms with Crippen LogP contribution < -0.4 is 5.73 Å². The Morgan fingerprint density at radius 2 is 1.66 bits per heavy atom. The van der Waals surface area contributed by atoms with Gasteiger partial charge in [0.15, 0.2) is 0 Å². The highest BCUT2D eigenvalue weighted by Crippen LogP contribution is 2.43. The molecule has 1 aliphatic carbocycles. The molecule has 2 amide bonds. The maximum Gasteiger partial charge on any atom is 0.336 e. The van der Waals surface area contributed by atoms with Crippen LogP contribution in [0.2, 0.25) is 0 Å². The molecule has 3 N–H and O–H groups in total. The molecule has 29 heavy (non-hydrogen) atoms. The molecule has 150 valence electrons. The fraction of sp³-hybridized carbons (Fsp3) is 0.211. The van der Waals surface area contributed by atoms with Gasteiger partial charge < -0.3 is 10.6 Å². The van der Waals surface area contributed by atoms with E-state index in [0.717, 1.165) is 0 Å². The van der Waals surface area contributed by atoms with Gasteiger partial charge in [-0.15, -0.1) is 0 Å². The number of amides is 2. The van der Waals surface area contributed by atoms with Gasteiger partial charge in [-0.2, -0.15) is 0 Å². The van der Waals surface area contributed by atoms with E-state index in [1.807, 2.05) is 0 Å². The van der Waals surface area contributed by atoms with E-state index in [0.29, 0.717) is 10.8 Å². The predicted octanol–water partition coefficient (Wildman–Crippen LogP) is 2.15. The number of benzene rings is 1. The summed E-state index contributed by atoms with van der Waals surface area (Å²) in [6.07, 6.45) is 0.376. The van der Waals surface area contributed by atoms with Gasteiger partial charge in [-0.1, -0.05) is 23.3 Å². The summed E-state index contributed by atoms with van der Waals surface area (Å²) in [5, 5.41) is 7.29. The topological polar surface area (TPSA) is 126 Å². The van der Waals surface area contributed by atoms with Gasteiger partial charge >= 0.3 is 5.97 Å². The molecule has 4 rings (SSSR count). The molecule has 0 saturated heterocycles. The number of pyridine rings is 1. The highest BCUT2D eigenvalue weighted by Gasteiger charge is 2.51. The summed E-state index contributed by atoms with van der Waals surface area (Å²) >= 11 is 0. The van der Waals surface area contributed by atoms with Crippen molar-refractivity contribution in [2.45, 2.75) is 18.8 Å². The molecule has 0 bridgehead atoms. The first-order chi connectivity index (χ1) is 13.7. The Labute approximate surface area is 163 Å². The number of rotatable bonds is 3. The zero-order valence-electron chi connectivity index (χ0n) is 15.0. The number of nitrogens with one attached hydrogen (secondary N) is 1. The van der Waals surface area contributed by atoms with E-state index < -0.39 is 42.5 Å². The first-order valence-electron chi connectivity index (χ1n) is 8.52. The summed E-state index contributed by atoms with van der Waals surface area (Å²) in [6, 6.07) is 11.3. The van der Waals surface area contributed by atoms with E-state index >= 15 is 0 Å². The highest BCUT2D eigenvalue weighted by atomic mass is 19.3. The van der Waals surface area contributed by atoms with Gasteiger partial charge in [0.25, 0.3) is 11.8 Å². The molecule has 0 unspecified atom stereocenters. The Balaban J connectivity index is 0.000000224. The summed E-state index contributed by atoms with van der Waals surface area (Å²) < 4.78 is 25.4. The van der Waals surface area contributed by atoms with Crippen molar-refractivity contribution in [3.8, 4) is 0 Å². The quantitative estimate of drug-likeness (QED) is 0.460. The van der Waals surface area contributed by atoms with Crippen LogP contribution in [-0.4, -0.2) is 39.6 Å². The molecule has 1 fully saturated rings. The molecule has 1 aromatic carbocycles. The second-order valence-corrected chi connectivity index (χ2v) is 6.45. The van der Waals surface area contributed by atoms with Crippen molar-refractivity contribution in [2.24, 2.45) is 11.7 Å². The molecule has 1 saturated carbocycles. The van der Waals surface area contributed by atoms with Gasteiger partial charge in [-0.25, -0.2) is 13.6 Å². The Morgan fingerprint density at radius 1 is 1.10 bits per heavy atom. The van der Waals surface area contributed by atoms with Crippen molar-refractivity contribution in [2.75, 3.05) is 0 Å². The van der Waals surface area contributed by atoms with Crippen molar-refractivity contribution in [1.82, 2.24) is 10.0 Å². The van der Waals surface area contributed by atoms with Crippen LogP contribution in [0.3, 0.4) is 0 Å². The Hall–Kier alpha value is -3.69. The van der Waals surface area contributed by atoms with Crippen molar-refractivity contribution in [3.05, 3.63) is 65.5 Å². The number of nitrogens with zero attached hydrogens (tertiary/aromatic N) is 2. The number of hydroxylamine groups is 2. The summed E-state index contributed by atoms with van der Waals surface area (Å²) in [5.41, 5.74) is 5.92. The molecule has 10 heteroatoms. The molecule has 1 aromatic heterocycles. The number of amidine groups is 1. The van der Waals surface area contributed by atoms with E-state index in [1.165, 1.54) is 12.1 Å². The number of hydrogen-bond donors (Lipinski definition) is 2. The van der Waals surface area contributed by atoms with Crippen LogP contribution in [0.15, 0.2) is 48.7 Å². The number of aromatic nitrogens is 1. The monoisotopic (exact) mass is 402 g/mol. The third-order valence-electron chi connectivity index (χ3n) is 4.30. The fourth-order valence-electron chi connectivity index (χ4n) is 2.76. The number of nitrogen functional groups attached to an aromatic ring is 1. The van der Waals surface area contributed by atoms with Gasteiger partial charge in [-0.05, 0) is 24.3 Å². The smallest absolute Gasteiger partial charge is 0.336 e. The third-order valence-corrected chi connectivity index (χ3v) is 4.30. The number of halogens is 2. The van der Waals surface area contributed by atoms with Crippen molar-refractivity contribution in [3.63, 3.8) is 0 Å². The number of carbonyl (C=O) groups excluding carboxylic acids is 3. The standard InChI is InChI=1S/C13H9F2NO4.C6H7N3/c14-13(15)5-7(6-13)12(19)20-16-10(17)8-3-1-2-4-9(8)11(16)18;7-6(8)5-3-1-2-4-9-5/h1-4,7H,5-6H2;1-4H,(H3,7,8). The first-order valence-corrected chi connectivity index (χ1v) is 8.52. The molecule has 0 spiro atoms. The molecular weight excluding hydrogens is 386 g/mol.